The van der Waals surface area contributed by atoms with Crippen molar-refractivity contribution in [2.24, 2.45) is 0 Å². The fraction of sp³-hybridized carbons (Fsp3) is 0.200. The number of carbonyl (C=O) groups excluding carboxylic acids is 1. The molecule has 122 valence electrons. The van der Waals surface area contributed by atoms with Gasteiger partial charge in [0, 0.05) is 22.0 Å². The van der Waals surface area contributed by atoms with Gasteiger partial charge < -0.3 is 4.74 Å². The van der Waals surface area contributed by atoms with Gasteiger partial charge in [-0.15, -0.1) is 11.8 Å². The Hall–Kier alpha value is -2.33. The molecule has 0 aliphatic heterocycles. The van der Waals surface area contributed by atoms with Crippen molar-refractivity contribution >= 4 is 28.4 Å². The maximum atomic E-state index is 12.8. The smallest absolute Gasteiger partial charge is 0.176 e. The van der Waals surface area contributed by atoms with Gasteiger partial charge in [0.15, 0.2) is 5.78 Å². The minimum Gasteiger partial charge on any atom is -0.497 e. The van der Waals surface area contributed by atoms with Gasteiger partial charge in [-0.25, -0.2) is 0 Å². The zero-order valence-corrected chi connectivity index (χ0v) is 14.5. The number of fused-ring (bicyclic) bond motifs is 1. The number of ketones is 1. The maximum Gasteiger partial charge on any atom is 0.176 e. The number of nitrogens with zero attached hydrogens (tertiary/aromatic N) is 1. The summed E-state index contributed by atoms with van der Waals surface area (Å²) in [5.74, 6) is 0.901. The topological polar surface area (TPSA) is 39.2 Å². The number of Topliss-reactive ketones (excluding diaryl/α,β-unsaturated/α-hetero) is 1. The molecule has 4 heteroatoms. The van der Waals surface area contributed by atoms with E-state index in [1.807, 2.05) is 55.5 Å². The minimum atomic E-state index is -0.121. The highest BCUT2D eigenvalue weighted by Gasteiger charge is 2.20. The van der Waals surface area contributed by atoms with E-state index in [4.69, 9.17) is 4.74 Å². The molecule has 3 aromatic rings. The second kappa shape index (κ2) is 7.49. The van der Waals surface area contributed by atoms with Crippen LogP contribution in [0.4, 0.5) is 0 Å². The van der Waals surface area contributed by atoms with E-state index in [1.54, 1.807) is 25.1 Å². The summed E-state index contributed by atoms with van der Waals surface area (Å²) in [5, 5.41) is 0.968. The predicted molar refractivity (Wildman–Crippen MR) is 99.0 cm³/mol. The monoisotopic (exact) mass is 337 g/mol. The largest absolute Gasteiger partial charge is 0.497 e. The summed E-state index contributed by atoms with van der Waals surface area (Å²) in [6.07, 6.45) is 2.57. The molecule has 0 radical (unpaired) electrons. The van der Waals surface area contributed by atoms with Crippen LogP contribution < -0.4 is 4.74 Å². The highest BCUT2D eigenvalue weighted by molar-refractivity contribution is 8.00. The van der Waals surface area contributed by atoms with E-state index in [1.165, 1.54) is 0 Å². The molecule has 1 aromatic heterocycles. The molecule has 2 aromatic carbocycles. The van der Waals surface area contributed by atoms with Crippen LogP contribution in [0.25, 0.3) is 10.9 Å². The van der Waals surface area contributed by atoms with Crippen molar-refractivity contribution in [2.45, 2.75) is 23.5 Å². The first-order valence-corrected chi connectivity index (χ1v) is 8.79. The average Bonchev–Trinajstić information content (AvgIpc) is 2.65. The summed E-state index contributed by atoms with van der Waals surface area (Å²) in [5.41, 5.74) is 1.67. The Morgan fingerprint density at radius 1 is 1.12 bits per heavy atom. The molecular weight excluding hydrogens is 318 g/mol. The van der Waals surface area contributed by atoms with Gasteiger partial charge in [-0.2, -0.15) is 0 Å². The first-order chi connectivity index (χ1) is 11.7. The molecule has 3 rings (SSSR count). The quantitative estimate of drug-likeness (QED) is 0.469. The summed E-state index contributed by atoms with van der Waals surface area (Å²) in [7, 11) is 1.62. The number of aromatic nitrogens is 1. The SMILES string of the molecule is CCC(Sc1ccnc2ccccc12)C(=O)c1ccc(OC)cc1. The molecule has 0 amide bonds. The number of pyridine rings is 1. The van der Waals surface area contributed by atoms with E-state index in [0.29, 0.717) is 5.56 Å². The molecule has 0 fully saturated rings. The number of rotatable bonds is 6. The van der Waals surface area contributed by atoms with E-state index >= 15 is 0 Å². The Labute approximate surface area is 146 Å². The van der Waals surface area contributed by atoms with Crippen molar-refractivity contribution in [3.8, 4) is 5.75 Å². The standard InChI is InChI=1S/C20H19NO2S/c1-3-18(20(22)14-8-10-15(23-2)11-9-14)24-19-12-13-21-17-7-5-4-6-16(17)19/h4-13,18H,3H2,1-2H3. The Morgan fingerprint density at radius 2 is 1.88 bits per heavy atom. The third-order valence-corrected chi connectivity index (χ3v) is 5.36. The summed E-state index contributed by atoms with van der Waals surface area (Å²) in [4.78, 5) is 18.3. The van der Waals surface area contributed by atoms with Crippen LogP contribution in [-0.2, 0) is 0 Å². The van der Waals surface area contributed by atoms with Crippen LogP contribution in [0.2, 0.25) is 0 Å². The fourth-order valence-electron chi connectivity index (χ4n) is 2.59. The molecule has 0 spiro atoms. The highest BCUT2D eigenvalue weighted by atomic mass is 32.2. The molecule has 1 heterocycles. The second-order valence-electron chi connectivity index (χ2n) is 5.43. The molecule has 0 N–H and O–H groups in total. The average molecular weight is 337 g/mol. The Bertz CT molecular complexity index is 840. The molecule has 1 unspecified atom stereocenters. The summed E-state index contributed by atoms with van der Waals surface area (Å²) >= 11 is 1.61. The van der Waals surface area contributed by atoms with Gasteiger partial charge in [-0.3, -0.25) is 9.78 Å². The number of thioether (sulfide) groups is 1. The lowest BCUT2D eigenvalue weighted by Gasteiger charge is -2.15. The summed E-state index contributed by atoms with van der Waals surface area (Å²) in [6, 6.07) is 17.3. The molecule has 0 aliphatic carbocycles. The van der Waals surface area contributed by atoms with Gasteiger partial charge in [0.05, 0.1) is 17.9 Å². The predicted octanol–water partition coefficient (Wildman–Crippen LogP) is 5.00. The van der Waals surface area contributed by atoms with Gasteiger partial charge in [-0.1, -0.05) is 25.1 Å². The van der Waals surface area contributed by atoms with E-state index < -0.39 is 0 Å². The first kappa shape index (κ1) is 16.5. The van der Waals surface area contributed by atoms with E-state index in [-0.39, 0.29) is 11.0 Å². The second-order valence-corrected chi connectivity index (χ2v) is 6.68. The highest BCUT2D eigenvalue weighted by Crippen LogP contribution is 2.32. The number of hydrogen-bond acceptors (Lipinski definition) is 4. The van der Waals surface area contributed by atoms with Crippen molar-refractivity contribution < 1.29 is 9.53 Å². The van der Waals surface area contributed by atoms with E-state index in [0.717, 1.165) is 28.0 Å². The van der Waals surface area contributed by atoms with Gasteiger partial charge in [0.25, 0.3) is 0 Å². The van der Waals surface area contributed by atoms with Gasteiger partial charge in [0.2, 0.25) is 0 Å². The van der Waals surface area contributed by atoms with Crippen molar-refractivity contribution in [3.05, 3.63) is 66.4 Å². The van der Waals surface area contributed by atoms with Crippen LogP contribution in [0.3, 0.4) is 0 Å². The van der Waals surface area contributed by atoms with Crippen molar-refractivity contribution in [1.29, 1.82) is 0 Å². The van der Waals surface area contributed by atoms with Crippen LogP contribution in [-0.4, -0.2) is 23.1 Å². The summed E-state index contributed by atoms with van der Waals surface area (Å²) in [6.45, 7) is 2.04. The van der Waals surface area contributed by atoms with Crippen LogP contribution in [0.5, 0.6) is 5.75 Å². The van der Waals surface area contributed by atoms with Crippen LogP contribution >= 0.6 is 11.8 Å². The zero-order valence-electron chi connectivity index (χ0n) is 13.7. The lowest BCUT2D eigenvalue weighted by Crippen LogP contribution is -2.16. The zero-order chi connectivity index (χ0) is 16.9. The molecule has 0 saturated carbocycles. The summed E-state index contributed by atoms with van der Waals surface area (Å²) < 4.78 is 5.16. The Balaban J connectivity index is 1.86. The van der Waals surface area contributed by atoms with Crippen LogP contribution in [0.15, 0.2) is 65.7 Å². The lowest BCUT2D eigenvalue weighted by molar-refractivity contribution is 0.0988. The molecule has 24 heavy (non-hydrogen) atoms. The number of para-hydroxylation sites is 1. The third-order valence-electron chi connectivity index (χ3n) is 3.92. The van der Waals surface area contributed by atoms with E-state index in [2.05, 4.69) is 11.1 Å². The van der Waals surface area contributed by atoms with E-state index in [9.17, 15) is 4.79 Å². The molecule has 3 nitrogen and oxygen atoms in total. The Morgan fingerprint density at radius 3 is 2.58 bits per heavy atom. The molecule has 0 aliphatic rings. The number of ether oxygens (including phenoxy) is 1. The number of carbonyl (C=O) groups is 1. The minimum absolute atomic E-state index is 0.121. The third kappa shape index (κ3) is 3.44. The fourth-order valence-corrected chi connectivity index (χ4v) is 3.74. The van der Waals surface area contributed by atoms with Crippen molar-refractivity contribution in [3.63, 3.8) is 0 Å². The molecular formula is C20H19NO2S. The molecule has 0 bridgehead atoms. The molecule has 0 saturated heterocycles. The van der Waals surface area contributed by atoms with Crippen molar-refractivity contribution in [1.82, 2.24) is 4.98 Å². The normalized spacial score (nSPS) is 12.1. The first-order valence-electron chi connectivity index (χ1n) is 7.91. The van der Waals surface area contributed by atoms with Gasteiger partial charge in [-0.05, 0) is 42.8 Å². The lowest BCUT2D eigenvalue weighted by atomic mass is 10.1. The number of benzene rings is 2. The van der Waals surface area contributed by atoms with Crippen LogP contribution in [0, 0.1) is 0 Å². The number of hydrogen-bond donors (Lipinski definition) is 0. The number of methoxy groups -OCH3 is 1. The Kier molecular flexibility index (Phi) is 5.16. The van der Waals surface area contributed by atoms with Gasteiger partial charge in [0.1, 0.15) is 5.75 Å². The van der Waals surface area contributed by atoms with Gasteiger partial charge >= 0.3 is 0 Å². The van der Waals surface area contributed by atoms with Crippen LogP contribution in [0.1, 0.15) is 23.7 Å². The maximum absolute atomic E-state index is 12.8. The van der Waals surface area contributed by atoms with Crippen molar-refractivity contribution in [2.75, 3.05) is 7.11 Å². The molecule has 1 atom stereocenters.